The van der Waals surface area contributed by atoms with Gasteiger partial charge in [0.05, 0.1) is 22.2 Å². The molecule has 6 rings (SSSR count). The molecular weight excluding hydrogens is 606 g/mol. The van der Waals surface area contributed by atoms with Gasteiger partial charge >= 0.3 is 11.0 Å². The molecule has 1 fully saturated rings. The van der Waals surface area contributed by atoms with Crippen LogP contribution in [0.3, 0.4) is 0 Å². The second kappa shape index (κ2) is 10.8. The Kier molecular flexibility index (Phi) is 7.25. The second-order valence-electron chi connectivity index (χ2n) is 10.2. The highest BCUT2D eigenvalue weighted by Crippen LogP contribution is 2.54. The quantitative estimate of drug-likeness (QED) is 0.223. The molecule has 2 aliphatic heterocycles. The number of aryl methyl sites for hydroxylation is 1. The van der Waals surface area contributed by atoms with Crippen molar-refractivity contribution >= 4 is 52.2 Å². The lowest BCUT2D eigenvalue weighted by molar-refractivity contribution is -0.137. The number of fused-ring (bicyclic) bond motifs is 2. The van der Waals surface area contributed by atoms with Crippen molar-refractivity contribution in [2.24, 2.45) is 5.92 Å². The number of hydrogen-bond acceptors (Lipinski definition) is 6. The molecule has 43 heavy (non-hydrogen) atoms. The number of para-hydroxylation sites is 1. The van der Waals surface area contributed by atoms with Crippen molar-refractivity contribution in [3.05, 3.63) is 110 Å². The first-order valence-electron chi connectivity index (χ1n) is 13.0. The van der Waals surface area contributed by atoms with Gasteiger partial charge in [-0.1, -0.05) is 65.1 Å². The third-order valence-electron chi connectivity index (χ3n) is 7.37. The summed E-state index contributed by atoms with van der Waals surface area (Å²) in [4.78, 5) is 54.3. The van der Waals surface area contributed by atoms with E-state index in [9.17, 15) is 36.7 Å². The fourth-order valence-corrected chi connectivity index (χ4v) is 8.18. The summed E-state index contributed by atoms with van der Waals surface area (Å²) in [5.74, 6) is -4.92. The number of alkyl halides is 3. The molecule has 3 amide bonds. The molecule has 3 atom stereocenters. The molecule has 220 valence electrons. The summed E-state index contributed by atoms with van der Waals surface area (Å²) in [7, 11) is 0. The van der Waals surface area contributed by atoms with E-state index in [2.05, 4.69) is 5.32 Å². The number of imide groups is 1. The number of thiazole rings is 1. The molecular formula is C30H21F4N3O4S2. The average Bonchev–Trinajstić information content (AvgIpc) is 3.40. The zero-order chi connectivity index (χ0) is 30.6. The standard InChI is InChI=1S/C30H21F4N3O4S2/c1-15-6-12-18(13-7-15)35-21(38)14-36-28-25(43-29(36)41)22(16-8-10-17(31)11-9-16)23-24(42-28)27(40)37(26(23)39)20-5-3-2-4-19(20)30(32,33)34/h2-13,22-24H,14H2,1H3,(H,35,38). The van der Waals surface area contributed by atoms with Gasteiger partial charge in [-0.25, -0.2) is 9.29 Å². The number of benzene rings is 3. The Morgan fingerprint density at radius 2 is 1.60 bits per heavy atom. The minimum Gasteiger partial charge on any atom is -0.325 e. The molecule has 3 aromatic carbocycles. The Morgan fingerprint density at radius 3 is 2.28 bits per heavy atom. The van der Waals surface area contributed by atoms with Crippen LogP contribution in [0.15, 0.2) is 82.6 Å². The second-order valence-corrected chi connectivity index (χ2v) is 12.3. The Labute approximate surface area is 250 Å². The maximum absolute atomic E-state index is 13.9. The zero-order valence-corrected chi connectivity index (χ0v) is 23.9. The van der Waals surface area contributed by atoms with Crippen LogP contribution in [0.4, 0.5) is 28.9 Å². The van der Waals surface area contributed by atoms with Crippen LogP contribution in [0.5, 0.6) is 0 Å². The van der Waals surface area contributed by atoms with E-state index in [4.69, 9.17) is 0 Å². The first kappa shape index (κ1) is 28.9. The summed E-state index contributed by atoms with van der Waals surface area (Å²) in [5, 5.41) is 1.78. The van der Waals surface area contributed by atoms with Crippen molar-refractivity contribution in [3.63, 3.8) is 0 Å². The summed E-state index contributed by atoms with van der Waals surface area (Å²) in [5.41, 5.74) is 0.179. The summed E-state index contributed by atoms with van der Waals surface area (Å²) < 4.78 is 56.8. The van der Waals surface area contributed by atoms with Crippen LogP contribution >= 0.6 is 23.1 Å². The van der Waals surface area contributed by atoms with Crippen molar-refractivity contribution < 1.29 is 31.9 Å². The van der Waals surface area contributed by atoms with E-state index in [1.54, 1.807) is 12.1 Å². The largest absolute Gasteiger partial charge is 0.418 e. The van der Waals surface area contributed by atoms with Gasteiger partial charge in [0.2, 0.25) is 17.7 Å². The van der Waals surface area contributed by atoms with Crippen molar-refractivity contribution in [1.82, 2.24) is 4.57 Å². The third kappa shape index (κ3) is 5.16. The highest BCUT2D eigenvalue weighted by atomic mass is 32.2. The number of carbonyl (C=O) groups excluding carboxylic acids is 3. The van der Waals surface area contributed by atoms with Crippen molar-refractivity contribution in [2.75, 3.05) is 10.2 Å². The maximum Gasteiger partial charge on any atom is 0.418 e. The number of nitrogens with one attached hydrogen (secondary N) is 1. The lowest BCUT2D eigenvalue weighted by Gasteiger charge is -2.30. The number of nitrogens with zero attached hydrogens (tertiary/aromatic N) is 2. The molecule has 0 aliphatic carbocycles. The molecule has 4 aromatic rings. The third-order valence-corrected chi connectivity index (χ3v) is 9.97. The van der Waals surface area contributed by atoms with Gasteiger partial charge in [0, 0.05) is 16.5 Å². The zero-order valence-electron chi connectivity index (χ0n) is 22.2. The van der Waals surface area contributed by atoms with Crippen molar-refractivity contribution in [3.8, 4) is 0 Å². The summed E-state index contributed by atoms with van der Waals surface area (Å²) >= 11 is 1.66. The van der Waals surface area contributed by atoms with Crippen LogP contribution in [0, 0.1) is 18.7 Å². The molecule has 3 heterocycles. The van der Waals surface area contributed by atoms with E-state index in [0.717, 1.165) is 40.8 Å². The van der Waals surface area contributed by atoms with Gasteiger partial charge in [-0.05, 0) is 48.9 Å². The highest BCUT2D eigenvalue weighted by molar-refractivity contribution is 8.00. The maximum atomic E-state index is 13.9. The number of hydrogen-bond donors (Lipinski definition) is 1. The van der Waals surface area contributed by atoms with Gasteiger partial charge in [-0.3, -0.25) is 23.7 Å². The number of rotatable bonds is 5. The number of halogens is 4. The number of anilines is 2. The Balaban J connectivity index is 1.43. The SMILES string of the molecule is Cc1ccc(NC(=O)Cn2c3c(sc2=O)C(c2ccc(F)cc2)C2C(=O)N(c4ccccc4C(F)(F)F)C(=O)C2S3)cc1. The van der Waals surface area contributed by atoms with Gasteiger partial charge in [0.25, 0.3) is 0 Å². The van der Waals surface area contributed by atoms with Crippen molar-refractivity contribution in [1.29, 1.82) is 0 Å². The van der Waals surface area contributed by atoms with Crippen LogP contribution in [0.25, 0.3) is 0 Å². The molecule has 0 spiro atoms. The van der Waals surface area contributed by atoms with Crippen LogP contribution < -0.4 is 15.1 Å². The number of aromatic nitrogens is 1. The first-order chi connectivity index (χ1) is 20.4. The molecule has 2 aliphatic rings. The smallest absolute Gasteiger partial charge is 0.325 e. The Hall–Kier alpha value is -4.23. The highest BCUT2D eigenvalue weighted by Gasteiger charge is 2.57. The molecule has 0 radical (unpaired) electrons. The van der Waals surface area contributed by atoms with Gasteiger partial charge in [-0.2, -0.15) is 13.2 Å². The molecule has 1 saturated heterocycles. The van der Waals surface area contributed by atoms with Gasteiger partial charge in [0.15, 0.2) is 0 Å². The van der Waals surface area contributed by atoms with E-state index in [1.165, 1.54) is 41.0 Å². The fraction of sp³-hybridized carbons (Fsp3) is 0.200. The fourth-order valence-electron chi connectivity index (χ4n) is 5.41. The lowest BCUT2D eigenvalue weighted by atomic mass is 9.83. The molecule has 0 bridgehead atoms. The Morgan fingerprint density at radius 1 is 0.930 bits per heavy atom. The van der Waals surface area contributed by atoms with E-state index < -0.39 is 69.5 Å². The Bertz CT molecular complexity index is 1820. The molecule has 13 heteroatoms. The first-order valence-corrected chi connectivity index (χ1v) is 14.7. The minimum absolute atomic E-state index is 0.261. The topological polar surface area (TPSA) is 88.5 Å². The summed E-state index contributed by atoms with van der Waals surface area (Å²) in [6, 6.07) is 16.5. The predicted octanol–water partition coefficient (Wildman–Crippen LogP) is 5.81. The summed E-state index contributed by atoms with van der Waals surface area (Å²) in [6.45, 7) is 1.49. The predicted molar refractivity (Wildman–Crippen MR) is 154 cm³/mol. The normalized spacial score (nSPS) is 19.7. The van der Waals surface area contributed by atoms with Gasteiger partial charge in [-0.15, -0.1) is 0 Å². The van der Waals surface area contributed by atoms with Gasteiger partial charge in [0.1, 0.15) is 17.6 Å². The average molecular weight is 628 g/mol. The molecule has 7 nitrogen and oxygen atoms in total. The number of carbonyl (C=O) groups is 3. The molecule has 0 saturated carbocycles. The minimum atomic E-state index is -4.84. The van der Waals surface area contributed by atoms with Gasteiger partial charge < -0.3 is 5.32 Å². The lowest BCUT2D eigenvalue weighted by Crippen LogP contribution is -2.33. The van der Waals surface area contributed by atoms with Crippen molar-refractivity contribution in [2.45, 2.75) is 35.8 Å². The summed E-state index contributed by atoms with van der Waals surface area (Å²) in [6.07, 6.45) is -4.84. The van der Waals surface area contributed by atoms with Crippen LogP contribution in [-0.2, 0) is 27.1 Å². The molecule has 3 unspecified atom stereocenters. The number of amides is 3. The van der Waals surface area contributed by atoms with Crippen LogP contribution in [0.2, 0.25) is 0 Å². The van der Waals surface area contributed by atoms with E-state index in [-0.39, 0.29) is 5.03 Å². The van der Waals surface area contributed by atoms with Crippen LogP contribution in [-0.4, -0.2) is 27.5 Å². The monoisotopic (exact) mass is 627 g/mol. The molecule has 1 N–H and O–H groups in total. The van der Waals surface area contributed by atoms with E-state index >= 15 is 0 Å². The van der Waals surface area contributed by atoms with E-state index in [0.29, 0.717) is 21.0 Å². The van der Waals surface area contributed by atoms with Crippen LogP contribution in [0.1, 0.15) is 27.5 Å². The van der Waals surface area contributed by atoms with E-state index in [1.807, 2.05) is 19.1 Å². The number of thioether (sulfide) groups is 1. The molecule has 1 aromatic heterocycles.